The van der Waals surface area contributed by atoms with E-state index in [4.69, 9.17) is 5.41 Å². The molecule has 0 amide bonds. The van der Waals surface area contributed by atoms with Gasteiger partial charge in [0.1, 0.15) is 23.6 Å². The molecule has 32 heavy (non-hydrogen) atoms. The monoisotopic (exact) mass is 449 g/mol. The highest BCUT2D eigenvalue weighted by molar-refractivity contribution is 6.06. The van der Waals surface area contributed by atoms with Crippen LogP contribution in [0, 0.1) is 11.3 Å². The summed E-state index contributed by atoms with van der Waals surface area (Å²) in [6, 6.07) is 7.26. The fraction of sp³-hybridized carbons (Fsp3) is 0.318. The number of halogens is 3. The number of ether oxygens (including phenoxy) is 1. The number of aromatic nitrogens is 1. The zero-order valence-electron chi connectivity index (χ0n) is 17.4. The number of aliphatic hydroxyl groups excluding tert-OH is 2. The Balaban J connectivity index is 1.88. The molecule has 1 fully saturated rings. The van der Waals surface area contributed by atoms with E-state index in [9.17, 15) is 23.4 Å². The number of allylic oxidation sites excluding steroid dienone is 1. The summed E-state index contributed by atoms with van der Waals surface area (Å²) in [6.07, 6.45) is -1.85. The smallest absolute Gasteiger partial charge is 0.394 e. The number of alkyl halides is 2. The van der Waals surface area contributed by atoms with Crippen LogP contribution < -0.4 is 10.1 Å². The predicted molar refractivity (Wildman–Crippen MR) is 114 cm³/mol. The average Bonchev–Trinajstić information content (AvgIpc) is 2.69. The van der Waals surface area contributed by atoms with Crippen molar-refractivity contribution in [2.45, 2.75) is 19.1 Å². The molecule has 4 N–H and O–H groups in total. The van der Waals surface area contributed by atoms with Crippen LogP contribution >= 0.6 is 0 Å². The van der Waals surface area contributed by atoms with Gasteiger partial charge >= 0.3 is 6.11 Å². The Bertz CT molecular complexity index is 1030. The number of nitrogens with one attached hydrogen (secondary N) is 2. The number of hydrogen-bond acceptors (Lipinski definition) is 6. The van der Waals surface area contributed by atoms with Gasteiger partial charge in [0.15, 0.2) is 25.1 Å². The van der Waals surface area contributed by atoms with Gasteiger partial charge in [0, 0.05) is 24.4 Å². The SMILES string of the molecule is C=C(F)C=[N+]1CC(C(=N)c2c(C(O)CO)ccnc2Nc2ccc(OC(C)(F)F)cc2)C1. The molecule has 1 aromatic heterocycles. The van der Waals surface area contributed by atoms with Gasteiger partial charge < -0.3 is 25.7 Å². The van der Waals surface area contributed by atoms with Crippen LogP contribution in [0.4, 0.5) is 24.7 Å². The van der Waals surface area contributed by atoms with Crippen LogP contribution in [0.5, 0.6) is 5.75 Å². The minimum absolute atomic E-state index is 0.0197. The van der Waals surface area contributed by atoms with Crippen molar-refractivity contribution in [3.05, 3.63) is 60.1 Å². The first-order valence-electron chi connectivity index (χ1n) is 9.81. The van der Waals surface area contributed by atoms with Gasteiger partial charge in [-0.3, -0.25) is 0 Å². The Morgan fingerprint density at radius 2 is 2.03 bits per heavy atom. The summed E-state index contributed by atoms with van der Waals surface area (Å²) in [5.74, 6) is -0.591. The van der Waals surface area contributed by atoms with E-state index in [2.05, 4.69) is 21.6 Å². The number of pyridine rings is 1. The van der Waals surface area contributed by atoms with E-state index in [0.717, 1.165) is 0 Å². The van der Waals surface area contributed by atoms with Crippen LogP contribution in [0.1, 0.15) is 24.2 Å². The molecule has 1 aliphatic rings. The van der Waals surface area contributed by atoms with Crippen LogP contribution in [-0.2, 0) is 0 Å². The number of anilines is 2. The molecule has 1 saturated heterocycles. The molecule has 0 radical (unpaired) electrons. The zero-order valence-corrected chi connectivity index (χ0v) is 17.4. The summed E-state index contributed by atoms with van der Waals surface area (Å²) >= 11 is 0. The second kappa shape index (κ2) is 9.49. The van der Waals surface area contributed by atoms with Gasteiger partial charge in [-0.05, 0) is 35.9 Å². The van der Waals surface area contributed by atoms with Crippen molar-refractivity contribution >= 4 is 23.4 Å². The highest BCUT2D eigenvalue weighted by atomic mass is 19.3. The van der Waals surface area contributed by atoms with E-state index in [1.54, 1.807) is 4.58 Å². The molecule has 7 nitrogen and oxygen atoms in total. The number of benzene rings is 1. The van der Waals surface area contributed by atoms with Crippen LogP contribution in [0.3, 0.4) is 0 Å². The second-order valence-corrected chi connectivity index (χ2v) is 7.52. The Morgan fingerprint density at radius 3 is 2.59 bits per heavy atom. The van der Waals surface area contributed by atoms with Gasteiger partial charge in [0.05, 0.1) is 12.3 Å². The van der Waals surface area contributed by atoms with Crippen molar-refractivity contribution in [1.82, 2.24) is 4.98 Å². The molecule has 10 heteroatoms. The van der Waals surface area contributed by atoms with Crippen molar-refractivity contribution in [3.8, 4) is 5.75 Å². The maximum absolute atomic E-state index is 13.0. The van der Waals surface area contributed by atoms with Gasteiger partial charge in [0.2, 0.25) is 0 Å². The molecular formula is C22H24F3N4O3+. The number of hydrogen-bond donors (Lipinski definition) is 4. The molecule has 1 unspecified atom stereocenters. The van der Waals surface area contributed by atoms with Gasteiger partial charge in [-0.2, -0.15) is 8.78 Å². The maximum atomic E-state index is 13.0. The normalized spacial score (nSPS) is 16.7. The van der Waals surface area contributed by atoms with E-state index in [-0.39, 0.29) is 23.2 Å². The van der Waals surface area contributed by atoms with Crippen molar-refractivity contribution in [1.29, 1.82) is 5.41 Å². The lowest BCUT2D eigenvalue weighted by atomic mass is 9.87. The Hall–Kier alpha value is -3.24. The summed E-state index contributed by atoms with van der Waals surface area (Å²) in [4.78, 5) is 4.27. The molecule has 3 rings (SSSR count). The molecule has 1 aromatic carbocycles. The van der Waals surface area contributed by atoms with Crippen LogP contribution in [0.25, 0.3) is 0 Å². The topological polar surface area (TPSA) is 101 Å². The summed E-state index contributed by atoms with van der Waals surface area (Å²) in [5.41, 5.74) is 1.30. The van der Waals surface area contributed by atoms with Crippen molar-refractivity contribution < 1.29 is 32.7 Å². The lowest BCUT2D eigenvalue weighted by molar-refractivity contribution is -0.591. The summed E-state index contributed by atoms with van der Waals surface area (Å²) in [5, 5.41) is 31.4. The molecule has 170 valence electrons. The highest BCUT2D eigenvalue weighted by Crippen LogP contribution is 2.31. The zero-order chi connectivity index (χ0) is 23.5. The summed E-state index contributed by atoms with van der Waals surface area (Å²) in [6.45, 7) is 4.07. The van der Waals surface area contributed by atoms with E-state index in [0.29, 0.717) is 36.8 Å². The van der Waals surface area contributed by atoms with E-state index in [1.807, 2.05) is 0 Å². The molecule has 1 aliphatic heterocycles. The second-order valence-electron chi connectivity index (χ2n) is 7.52. The van der Waals surface area contributed by atoms with Gasteiger partial charge in [0.25, 0.3) is 0 Å². The molecule has 0 aliphatic carbocycles. The Labute approximate surface area is 183 Å². The Morgan fingerprint density at radius 1 is 1.38 bits per heavy atom. The summed E-state index contributed by atoms with van der Waals surface area (Å²) < 4.78 is 45.2. The first kappa shape index (κ1) is 23.4. The third-order valence-corrected chi connectivity index (χ3v) is 4.84. The van der Waals surface area contributed by atoms with Crippen molar-refractivity contribution in [3.63, 3.8) is 0 Å². The molecule has 0 saturated carbocycles. The quantitative estimate of drug-likeness (QED) is 0.347. The van der Waals surface area contributed by atoms with E-state index >= 15 is 0 Å². The lowest BCUT2D eigenvalue weighted by Gasteiger charge is -2.27. The fourth-order valence-electron chi connectivity index (χ4n) is 3.38. The predicted octanol–water partition coefficient (Wildman–Crippen LogP) is 3.41. The van der Waals surface area contributed by atoms with Crippen molar-refractivity contribution in [2.24, 2.45) is 5.92 Å². The average molecular weight is 449 g/mol. The van der Waals surface area contributed by atoms with Gasteiger partial charge in [-0.1, -0.05) is 6.58 Å². The number of nitrogens with zero attached hydrogens (tertiary/aromatic N) is 2. The minimum Gasteiger partial charge on any atom is -0.433 e. The molecule has 0 spiro atoms. The van der Waals surface area contributed by atoms with Gasteiger partial charge in [-0.15, -0.1) is 0 Å². The summed E-state index contributed by atoms with van der Waals surface area (Å²) in [7, 11) is 0. The third kappa shape index (κ3) is 5.71. The molecular weight excluding hydrogens is 425 g/mol. The van der Waals surface area contributed by atoms with Crippen LogP contribution in [0.15, 0.2) is 48.9 Å². The number of aliphatic hydroxyl groups is 2. The van der Waals surface area contributed by atoms with Gasteiger partial charge in [-0.25, -0.2) is 13.9 Å². The third-order valence-electron chi connectivity index (χ3n) is 4.84. The van der Waals surface area contributed by atoms with E-state index < -0.39 is 24.6 Å². The maximum Gasteiger partial charge on any atom is 0.394 e. The molecule has 1 atom stereocenters. The Kier molecular flexibility index (Phi) is 6.95. The first-order chi connectivity index (χ1) is 15.1. The molecule has 2 aromatic rings. The molecule has 2 heterocycles. The highest BCUT2D eigenvalue weighted by Gasteiger charge is 2.37. The fourth-order valence-corrected chi connectivity index (χ4v) is 3.38. The van der Waals surface area contributed by atoms with Crippen LogP contribution in [-0.4, -0.2) is 57.5 Å². The van der Waals surface area contributed by atoms with Crippen LogP contribution in [0.2, 0.25) is 0 Å². The number of rotatable bonds is 9. The largest absolute Gasteiger partial charge is 0.433 e. The first-order valence-corrected chi connectivity index (χ1v) is 9.81. The van der Waals surface area contributed by atoms with Crippen molar-refractivity contribution in [2.75, 3.05) is 25.0 Å². The minimum atomic E-state index is -3.31. The van der Waals surface area contributed by atoms with E-state index in [1.165, 1.54) is 42.7 Å². The lowest BCUT2D eigenvalue weighted by Crippen LogP contribution is -2.45. The molecule has 0 bridgehead atoms. The standard InChI is InChI=1S/C22H24F3N4O3/c1-13(23)9-29-10-14(11-29)20(26)19-17(18(31)12-30)7-8-27-21(19)28-15-3-5-16(6-4-15)32-22(2,24)25/h3-9,14,18,26,30-31H,1,10-12H2,2H3,(H,27,28)/q+1.